The fourth-order valence-corrected chi connectivity index (χ4v) is 3.20. The molecule has 1 heterocycles. The monoisotopic (exact) mass is 378 g/mol. The van der Waals surface area contributed by atoms with Crippen LogP contribution in [0.15, 0.2) is 36.4 Å². The van der Waals surface area contributed by atoms with E-state index in [1.165, 1.54) is 30.6 Å². The summed E-state index contributed by atoms with van der Waals surface area (Å²) in [6.45, 7) is -3.12. The summed E-state index contributed by atoms with van der Waals surface area (Å²) in [6, 6.07) is 9.75. The number of methoxy groups -OCH3 is 1. The van der Waals surface area contributed by atoms with Gasteiger partial charge in [-0.2, -0.15) is 8.78 Å². The molecule has 9 heteroatoms. The zero-order chi connectivity index (χ0) is 18.7. The Balaban J connectivity index is 2.00. The van der Waals surface area contributed by atoms with E-state index in [-0.39, 0.29) is 17.0 Å². The van der Waals surface area contributed by atoms with Gasteiger partial charge in [-0.15, -0.1) is 11.3 Å². The van der Waals surface area contributed by atoms with Gasteiger partial charge in [-0.05, 0) is 30.4 Å². The Morgan fingerprint density at radius 1 is 1.23 bits per heavy atom. The average molecular weight is 378 g/mol. The molecule has 0 saturated carbocycles. The first-order valence-corrected chi connectivity index (χ1v) is 8.14. The van der Waals surface area contributed by atoms with Gasteiger partial charge in [-0.3, -0.25) is 10.1 Å². The maximum atomic E-state index is 12.5. The van der Waals surface area contributed by atoms with Crippen LogP contribution in [-0.2, 0) is 0 Å². The molecule has 0 aliphatic carbocycles. The Labute approximate surface area is 150 Å². The van der Waals surface area contributed by atoms with E-state index in [4.69, 9.17) is 4.74 Å². The van der Waals surface area contributed by atoms with E-state index in [0.717, 1.165) is 16.3 Å². The molecular formula is C17H12F2N2O4S. The average Bonchev–Trinajstić information content (AvgIpc) is 3.02. The second-order valence-electron chi connectivity index (χ2n) is 5.05. The molecular weight excluding hydrogens is 366 g/mol. The van der Waals surface area contributed by atoms with Crippen molar-refractivity contribution in [3.63, 3.8) is 0 Å². The third-order valence-corrected chi connectivity index (χ3v) is 4.44. The highest BCUT2D eigenvalue weighted by Crippen LogP contribution is 2.36. The second kappa shape index (κ2) is 7.44. The highest BCUT2D eigenvalue weighted by Gasteiger charge is 2.20. The van der Waals surface area contributed by atoms with Gasteiger partial charge in [0.1, 0.15) is 5.01 Å². The lowest BCUT2D eigenvalue weighted by atomic mass is 10.1. The van der Waals surface area contributed by atoms with Gasteiger partial charge in [-0.25, -0.2) is 4.98 Å². The fourth-order valence-electron chi connectivity index (χ4n) is 2.33. The third-order valence-electron chi connectivity index (χ3n) is 3.44. The number of nitro groups is 1. The molecule has 0 radical (unpaired) electrons. The smallest absolute Gasteiger partial charge is 0.387 e. The van der Waals surface area contributed by atoms with Crippen LogP contribution in [0.1, 0.15) is 10.6 Å². The largest absolute Gasteiger partial charge is 0.493 e. The molecule has 0 N–H and O–H groups in total. The van der Waals surface area contributed by atoms with Crippen molar-refractivity contribution in [1.29, 1.82) is 0 Å². The number of aromatic nitrogens is 1. The predicted molar refractivity (Wildman–Crippen MR) is 94.8 cm³/mol. The molecule has 0 spiro atoms. The number of benzene rings is 2. The maximum Gasteiger partial charge on any atom is 0.387 e. The molecule has 0 bridgehead atoms. The van der Waals surface area contributed by atoms with Crippen LogP contribution in [0.25, 0.3) is 22.4 Å². The van der Waals surface area contributed by atoms with Gasteiger partial charge in [-0.1, -0.05) is 12.1 Å². The van der Waals surface area contributed by atoms with E-state index < -0.39 is 17.3 Å². The van der Waals surface area contributed by atoms with Crippen molar-refractivity contribution in [2.45, 2.75) is 6.61 Å². The number of halogens is 2. The molecule has 26 heavy (non-hydrogen) atoms. The zero-order valence-electron chi connectivity index (χ0n) is 13.4. The summed E-state index contributed by atoms with van der Waals surface area (Å²) >= 11 is 1.43. The lowest BCUT2D eigenvalue weighted by Gasteiger charge is -2.10. The van der Waals surface area contributed by atoms with Crippen molar-refractivity contribution in [2.75, 3.05) is 7.11 Å². The number of ether oxygens (including phenoxy) is 2. The molecule has 0 saturated heterocycles. The van der Waals surface area contributed by atoms with Crippen molar-refractivity contribution in [3.8, 4) is 11.5 Å². The molecule has 1 aromatic heterocycles. The summed E-state index contributed by atoms with van der Waals surface area (Å²) < 4.78 is 35.2. The molecule has 0 fully saturated rings. The molecule has 0 unspecified atom stereocenters. The standard InChI is InChI=1S/C17H12F2N2O4S/c1-24-13-8-10(12(21(22)23)9-14(13)25-17(18)19)6-7-16-20-11-4-2-3-5-15(11)26-16/h2-9,17H,1H3/b7-6+. The van der Waals surface area contributed by atoms with Crippen molar-refractivity contribution in [2.24, 2.45) is 0 Å². The number of nitro benzene ring substituents is 1. The molecule has 0 atom stereocenters. The van der Waals surface area contributed by atoms with Gasteiger partial charge in [0.05, 0.1) is 33.9 Å². The number of alkyl halides is 2. The first-order valence-electron chi connectivity index (χ1n) is 7.33. The number of para-hydroxylation sites is 1. The predicted octanol–water partition coefficient (Wildman–Crippen LogP) is 4.98. The van der Waals surface area contributed by atoms with Crippen molar-refractivity contribution < 1.29 is 23.2 Å². The van der Waals surface area contributed by atoms with Crippen LogP contribution < -0.4 is 9.47 Å². The Hall–Kier alpha value is -3.07. The number of nitrogens with zero attached hydrogens (tertiary/aromatic N) is 2. The summed E-state index contributed by atoms with van der Waals surface area (Å²) in [5, 5.41) is 11.9. The highest BCUT2D eigenvalue weighted by molar-refractivity contribution is 7.19. The molecule has 0 aliphatic heterocycles. The van der Waals surface area contributed by atoms with Crippen molar-refractivity contribution >= 4 is 39.4 Å². The number of rotatable bonds is 6. The topological polar surface area (TPSA) is 74.5 Å². The van der Waals surface area contributed by atoms with Crippen LogP contribution >= 0.6 is 11.3 Å². The third kappa shape index (κ3) is 3.77. The lowest BCUT2D eigenvalue weighted by molar-refractivity contribution is -0.385. The molecule has 134 valence electrons. The van der Waals surface area contributed by atoms with Gasteiger partial charge in [0, 0.05) is 0 Å². The highest BCUT2D eigenvalue weighted by atomic mass is 32.1. The van der Waals surface area contributed by atoms with Crippen LogP contribution in [0.5, 0.6) is 11.5 Å². The molecule has 6 nitrogen and oxygen atoms in total. The van der Waals surface area contributed by atoms with Crippen molar-refractivity contribution in [3.05, 3.63) is 57.1 Å². The molecule has 0 aliphatic rings. The minimum atomic E-state index is -3.12. The molecule has 0 amide bonds. The van der Waals surface area contributed by atoms with E-state index in [0.29, 0.717) is 5.01 Å². The minimum Gasteiger partial charge on any atom is -0.493 e. The summed E-state index contributed by atoms with van der Waals surface area (Å²) in [7, 11) is 1.26. The molecule has 3 aromatic rings. The van der Waals surface area contributed by atoms with E-state index in [9.17, 15) is 18.9 Å². The summed E-state index contributed by atoms with van der Waals surface area (Å²) in [6.07, 6.45) is 3.12. The Morgan fingerprint density at radius 2 is 2.00 bits per heavy atom. The van der Waals surface area contributed by atoms with Gasteiger partial charge < -0.3 is 9.47 Å². The SMILES string of the molecule is COc1cc(/C=C/c2nc3ccccc3s2)c([N+](=O)[O-])cc1OC(F)F. The number of hydrogen-bond donors (Lipinski definition) is 0. The zero-order valence-corrected chi connectivity index (χ0v) is 14.2. The summed E-state index contributed by atoms with van der Waals surface area (Å²) in [5.74, 6) is -0.425. The molecule has 3 rings (SSSR count). The first kappa shape index (κ1) is 17.7. The van der Waals surface area contributed by atoms with Crippen LogP contribution in [0.4, 0.5) is 14.5 Å². The Morgan fingerprint density at radius 3 is 2.65 bits per heavy atom. The minimum absolute atomic E-state index is 0.0279. The van der Waals surface area contributed by atoms with Crippen molar-refractivity contribution in [1.82, 2.24) is 4.98 Å². The Bertz CT molecular complexity index is 955. The van der Waals surface area contributed by atoms with E-state index >= 15 is 0 Å². The normalized spacial score (nSPS) is 11.4. The van der Waals surface area contributed by atoms with Crippen LogP contribution in [0, 0.1) is 10.1 Å². The van der Waals surface area contributed by atoms with E-state index in [1.54, 1.807) is 6.08 Å². The number of thiazole rings is 1. The van der Waals surface area contributed by atoms with Crippen LogP contribution in [-0.4, -0.2) is 23.6 Å². The summed E-state index contributed by atoms with van der Waals surface area (Å²) in [5.41, 5.74) is 0.636. The van der Waals surface area contributed by atoms with E-state index in [2.05, 4.69) is 9.72 Å². The number of hydrogen-bond acceptors (Lipinski definition) is 6. The van der Waals surface area contributed by atoms with Gasteiger partial charge in [0.15, 0.2) is 11.5 Å². The quantitative estimate of drug-likeness (QED) is 0.446. The van der Waals surface area contributed by atoms with E-state index in [1.807, 2.05) is 24.3 Å². The Kier molecular flexibility index (Phi) is 5.08. The second-order valence-corrected chi connectivity index (χ2v) is 6.11. The first-order chi connectivity index (χ1) is 12.5. The fraction of sp³-hybridized carbons (Fsp3) is 0.118. The summed E-state index contributed by atoms with van der Waals surface area (Å²) in [4.78, 5) is 15.0. The van der Waals surface area contributed by atoms with Crippen LogP contribution in [0.2, 0.25) is 0 Å². The number of fused-ring (bicyclic) bond motifs is 1. The lowest BCUT2D eigenvalue weighted by Crippen LogP contribution is -2.05. The van der Waals surface area contributed by atoms with Gasteiger partial charge in [0.25, 0.3) is 5.69 Å². The van der Waals surface area contributed by atoms with Gasteiger partial charge in [0.2, 0.25) is 0 Å². The van der Waals surface area contributed by atoms with Crippen LogP contribution in [0.3, 0.4) is 0 Å². The molecule has 2 aromatic carbocycles. The maximum absolute atomic E-state index is 12.5. The van der Waals surface area contributed by atoms with Gasteiger partial charge >= 0.3 is 6.61 Å².